The summed E-state index contributed by atoms with van der Waals surface area (Å²) in [4.78, 5) is 27.9. The summed E-state index contributed by atoms with van der Waals surface area (Å²) in [5.41, 5.74) is 7.49. The van der Waals surface area contributed by atoms with Gasteiger partial charge in [0.1, 0.15) is 5.00 Å². The molecule has 2 amide bonds. The molecule has 2 aliphatic rings. The number of fused-ring (bicyclic) bond motifs is 1. The molecular weight excluding hydrogens is 348 g/mol. The lowest BCUT2D eigenvalue weighted by Gasteiger charge is -2.33. The van der Waals surface area contributed by atoms with Crippen LogP contribution in [0.3, 0.4) is 0 Å². The monoisotopic (exact) mass is 378 g/mol. The predicted molar refractivity (Wildman–Crippen MR) is 106 cm³/mol. The highest BCUT2D eigenvalue weighted by atomic mass is 32.1. The van der Waals surface area contributed by atoms with E-state index < -0.39 is 5.91 Å². The lowest BCUT2D eigenvalue weighted by molar-refractivity contribution is -0.117. The van der Waals surface area contributed by atoms with Crippen LogP contribution in [0.2, 0.25) is 0 Å². The normalized spacial score (nSPS) is 21.3. The highest BCUT2D eigenvalue weighted by Gasteiger charge is 2.33. The van der Waals surface area contributed by atoms with Crippen molar-refractivity contribution in [1.29, 1.82) is 0 Å². The van der Waals surface area contributed by atoms with E-state index >= 15 is 0 Å². The van der Waals surface area contributed by atoms with E-state index in [9.17, 15) is 9.59 Å². The third kappa shape index (κ3) is 4.27. The van der Waals surface area contributed by atoms with Gasteiger partial charge in [-0.2, -0.15) is 0 Å². The summed E-state index contributed by atoms with van der Waals surface area (Å²) in [7, 11) is 0. The first-order valence-electron chi connectivity index (χ1n) is 9.43. The third-order valence-electron chi connectivity index (χ3n) is 5.57. The summed E-state index contributed by atoms with van der Waals surface area (Å²) in [5.74, 6) is 0.0772. The molecule has 0 radical (unpaired) electrons. The summed E-state index contributed by atoms with van der Waals surface area (Å²) >= 11 is 1.54. The molecule has 1 aliphatic carbocycles. The van der Waals surface area contributed by atoms with E-state index in [1.807, 2.05) is 0 Å². The fourth-order valence-corrected chi connectivity index (χ4v) is 5.26. The van der Waals surface area contributed by atoms with Crippen LogP contribution >= 0.6 is 11.3 Å². The largest absolute Gasteiger partial charge is 0.365 e. The molecule has 3 rings (SSSR count). The molecule has 0 unspecified atom stereocenters. The van der Waals surface area contributed by atoms with Gasteiger partial charge in [-0.1, -0.05) is 20.8 Å². The van der Waals surface area contributed by atoms with Gasteiger partial charge < -0.3 is 16.4 Å². The number of amides is 2. The number of nitrogens with zero attached hydrogens (tertiary/aromatic N) is 1. The zero-order chi connectivity index (χ0) is 18.9. The van der Waals surface area contributed by atoms with Gasteiger partial charge in [-0.3, -0.25) is 14.5 Å². The van der Waals surface area contributed by atoms with Gasteiger partial charge in [0.2, 0.25) is 5.91 Å². The number of carbonyl (C=O) groups excluding carboxylic acids is 2. The Hall–Kier alpha value is -1.44. The molecule has 0 bridgehead atoms. The van der Waals surface area contributed by atoms with Crippen molar-refractivity contribution >= 4 is 28.2 Å². The summed E-state index contributed by atoms with van der Waals surface area (Å²) in [6, 6.07) is 0. The minimum Gasteiger partial charge on any atom is -0.365 e. The zero-order valence-corrected chi connectivity index (χ0v) is 16.8. The maximum Gasteiger partial charge on any atom is 0.251 e. The van der Waals surface area contributed by atoms with Gasteiger partial charge in [0.25, 0.3) is 5.91 Å². The van der Waals surface area contributed by atoms with E-state index in [-0.39, 0.29) is 11.3 Å². The molecule has 1 saturated heterocycles. The fourth-order valence-electron chi connectivity index (χ4n) is 3.91. The van der Waals surface area contributed by atoms with Crippen LogP contribution in [0, 0.1) is 11.3 Å². The lowest BCUT2D eigenvalue weighted by atomic mass is 9.72. The molecule has 0 aromatic carbocycles. The smallest absolute Gasteiger partial charge is 0.251 e. The second kappa shape index (κ2) is 7.66. The summed E-state index contributed by atoms with van der Waals surface area (Å²) in [5, 5.41) is 6.88. The summed E-state index contributed by atoms with van der Waals surface area (Å²) in [6.45, 7) is 10.7. The number of piperazine rings is 1. The first kappa shape index (κ1) is 19.3. The van der Waals surface area contributed by atoms with Crippen molar-refractivity contribution in [2.24, 2.45) is 17.1 Å². The molecule has 26 heavy (non-hydrogen) atoms. The number of anilines is 1. The van der Waals surface area contributed by atoms with Gasteiger partial charge in [-0.25, -0.2) is 0 Å². The van der Waals surface area contributed by atoms with Gasteiger partial charge >= 0.3 is 0 Å². The molecule has 7 heteroatoms. The van der Waals surface area contributed by atoms with Crippen molar-refractivity contribution < 1.29 is 9.59 Å². The maximum absolute atomic E-state index is 12.5. The molecule has 1 aliphatic heterocycles. The van der Waals surface area contributed by atoms with Crippen molar-refractivity contribution in [3.63, 3.8) is 0 Å². The zero-order valence-electron chi connectivity index (χ0n) is 16.0. The number of primary amides is 1. The number of nitrogens with one attached hydrogen (secondary N) is 2. The molecule has 1 aromatic rings. The minimum atomic E-state index is -0.436. The van der Waals surface area contributed by atoms with Crippen molar-refractivity contribution in [3.8, 4) is 0 Å². The van der Waals surface area contributed by atoms with Gasteiger partial charge in [0.15, 0.2) is 0 Å². The number of nitrogens with two attached hydrogens (primary N) is 1. The number of hydrogen-bond acceptors (Lipinski definition) is 5. The first-order valence-corrected chi connectivity index (χ1v) is 10.2. The van der Waals surface area contributed by atoms with Crippen molar-refractivity contribution in [2.75, 3.05) is 38.0 Å². The van der Waals surface area contributed by atoms with E-state index in [0.29, 0.717) is 23.0 Å². The highest BCUT2D eigenvalue weighted by molar-refractivity contribution is 7.17. The van der Waals surface area contributed by atoms with Crippen molar-refractivity contribution in [3.05, 3.63) is 16.0 Å². The average molecular weight is 379 g/mol. The molecule has 1 atom stereocenters. The van der Waals surface area contributed by atoms with Gasteiger partial charge in [0, 0.05) is 31.1 Å². The molecule has 0 saturated carbocycles. The van der Waals surface area contributed by atoms with Crippen LogP contribution in [-0.4, -0.2) is 49.4 Å². The lowest BCUT2D eigenvalue weighted by Crippen LogP contribution is -2.46. The quantitative estimate of drug-likeness (QED) is 0.746. The Balaban J connectivity index is 1.76. The second-order valence-electron chi connectivity index (χ2n) is 8.45. The molecule has 2 heterocycles. The number of thiophene rings is 1. The molecule has 4 N–H and O–H groups in total. The van der Waals surface area contributed by atoms with Crippen molar-refractivity contribution in [2.45, 2.75) is 40.0 Å². The Morgan fingerprint density at radius 3 is 2.62 bits per heavy atom. The van der Waals surface area contributed by atoms with Crippen LogP contribution in [-0.2, 0) is 17.6 Å². The van der Waals surface area contributed by atoms with Crippen LogP contribution in [0.15, 0.2) is 0 Å². The minimum absolute atomic E-state index is 0.0691. The predicted octanol–water partition coefficient (Wildman–Crippen LogP) is 1.84. The van der Waals surface area contributed by atoms with E-state index in [1.54, 1.807) is 0 Å². The molecular formula is C19H30N4O2S. The van der Waals surface area contributed by atoms with Crippen LogP contribution in [0.5, 0.6) is 0 Å². The number of hydrogen-bond donors (Lipinski definition) is 3. The Labute approximate surface area is 159 Å². The average Bonchev–Trinajstić information content (AvgIpc) is 2.91. The van der Waals surface area contributed by atoms with Gasteiger partial charge in [-0.05, 0) is 36.2 Å². The molecule has 0 spiro atoms. The molecule has 1 aromatic heterocycles. The Morgan fingerprint density at radius 2 is 2.00 bits per heavy atom. The fraction of sp³-hybridized carbons (Fsp3) is 0.684. The standard InChI is InChI=1S/C19H30N4O2S/c1-19(2,3)12-4-5-13-14(10-12)26-18(16(13)17(20)25)22-15(24)11-23-8-6-21-7-9-23/h12,21H,4-11H2,1-3H3,(H2,20,25)(H,22,24)/t12-/m0/s1. The number of rotatable bonds is 4. The maximum atomic E-state index is 12.5. The molecule has 1 fully saturated rings. The van der Waals surface area contributed by atoms with Gasteiger partial charge in [-0.15, -0.1) is 11.3 Å². The third-order valence-corrected chi connectivity index (χ3v) is 6.74. The SMILES string of the molecule is CC(C)(C)[C@H]1CCc2c(sc(NC(=O)CN3CCNCC3)c2C(N)=O)C1. The summed E-state index contributed by atoms with van der Waals surface area (Å²) in [6.07, 6.45) is 2.87. The Kier molecular flexibility index (Phi) is 5.69. The van der Waals surface area contributed by atoms with Gasteiger partial charge in [0.05, 0.1) is 12.1 Å². The topological polar surface area (TPSA) is 87.5 Å². The van der Waals surface area contributed by atoms with Crippen LogP contribution in [0.1, 0.15) is 48.0 Å². The molecule has 144 valence electrons. The van der Waals surface area contributed by atoms with E-state index in [1.165, 1.54) is 16.2 Å². The van der Waals surface area contributed by atoms with E-state index in [0.717, 1.165) is 51.0 Å². The molecule has 6 nitrogen and oxygen atoms in total. The van der Waals surface area contributed by atoms with Crippen molar-refractivity contribution in [1.82, 2.24) is 10.2 Å². The Bertz CT molecular complexity index is 686. The number of carbonyl (C=O) groups is 2. The highest BCUT2D eigenvalue weighted by Crippen LogP contribution is 2.44. The first-order chi connectivity index (χ1) is 12.3. The van der Waals surface area contributed by atoms with Crippen LogP contribution in [0.4, 0.5) is 5.00 Å². The van der Waals surface area contributed by atoms with E-state index in [4.69, 9.17) is 5.73 Å². The van der Waals surface area contributed by atoms with Crippen LogP contribution < -0.4 is 16.4 Å². The van der Waals surface area contributed by atoms with E-state index in [2.05, 4.69) is 36.3 Å². The summed E-state index contributed by atoms with van der Waals surface area (Å²) < 4.78 is 0. The van der Waals surface area contributed by atoms with Crippen LogP contribution in [0.25, 0.3) is 0 Å². The second-order valence-corrected chi connectivity index (χ2v) is 9.56. The Morgan fingerprint density at radius 1 is 1.31 bits per heavy atom.